The van der Waals surface area contributed by atoms with Gasteiger partial charge in [-0.25, -0.2) is 0 Å². The summed E-state index contributed by atoms with van der Waals surface area (Å²) in [4.78, 5) is 14.1. The van der Waals surface area contributed by atoms with Gasteiger partial charge < -0.3 is 16.4 Å². The largest absolute Gasteiger partial charge is 0.368 e. The third-order valence-electron chi connectivity index (χ3n) is 5.06. The molecule has 2 aliphatic rings. The van der Waals surface area contributed by atoms with E-state index in [9.17, 15) is 4.79 Å². The molecule has 2 atom stereocenters. The van der Waals surface area contributed by atoms with Crippen LogP contribution in [0.25, 0.3) is 0 Å². The molecule has 110 valence electrons. The minimum atomic E-state index is -0.794. The van der Waals surface area contributed by atoms with E-state index < -0.39 is 5.54 Å². The maximum absolute atomic E-state index is 11.7. The minimum Gasteiger partial charge on any atom is -0.368 e. The third kappa shape index (κ3) is 3.48. The van der Waals surface area contributed by atoms with Gasteiger partial charge in [0.1, 0.15) is 5.54 Å². The maximum atomic E-state index is 11.7. The first kappa shape index (κ1) is 14.8. The van der Waals surface area contributed by atoms with E-state index in [0.717, 1.165) is 37.8 Å². The normalized spacial score (nSPS) is 28.9. The SMILES string of the molecule is CC(C)C1CCCN(CC(N)(C(N)=O)C2CC2)CC1. The predicted octanol–water partition coefficient (Wildman–Crippen LogP) is 1.34. The quantitative estimate of drug-likeness (QED) is 0.789. The van der Waals surface area contributed by atoms with E-state index in [0.29, 0.717) is 12.5 Å². The summed E-state index contributed by atoms with van der Waals surface area (Å²) in [5, 5.41) is 0. The van der Waals surface area contributed by atoms with Crippen molar-refractivity contribution in [3.05, 3.63) is 0 Å². The van der Waals surface area contributed by atoms with Gasteiger partial charge in [-0.15, -0.1) is 0 Å². The number of carbonyl (C=O) groups excluding carboxylic acids is 1. The van der Waals surface area contributed by atoms with Crippen molar-refractivity contribution in [3.63, 3.8) is 0 Å². The van der Waals surface area contributed by atoms with E-state index in [-0.39, 0.29) is 5.91 Å². The molecule has 4 N–H and O–H groups in total. The summed E-state index contributed by atoms with van der Waals surface area (Å²) in [7, 11) is 0. The van der Waals surface area contributed by atoms with Gasteiger partial charge in [-0.1, -0.05) is 13.8 Å². The number of amides is 1. The molecule has 2 rings (SSSR count). The van der Waals surface area contributed by atoms with Crippen molar-refractivity contribution in [1.82, 2.24) is 4.90 Å². The van der Waals surface area contributed by atoms with Crippen molar-refractivity contribution in [2.45, 2.75) is 51.5 Å². The van der Waals surface area contributed by atoms with Crippen LogP contribution < -0.4 is 11.5 Å². The fraction of sp³-hybridized carbons (Fsp3) is 0.933. The Morgan fingerprint density at radius 2 is 1.95 bits per heavy atom. The van der Waals surface area contributed by atoms with Gasteiger partial charge in [0.2, 0.25) is 5.91 Å². The predicted molar refractivity (Wildman–Crippen MR) is 77.5 cm³/mol. The first-order valence-electron chi connectivity index (χ1n) is 7.74. The van der Waals surface area contributed by atoms with Gasteiger partial charge in [-0.3, -0.25) is 4.79 Å². The van der Waals surface area contributed by atoms with Gasteiger partial charge in [0, 0.05) is 6.54 Å². The molecule has 0 aromatic rings. The monoisotopic (exact) mass is 267 g/mol. The molecule has 1 aliphatic carbocycles. The van der Waals surface area contributed by atoms with E-state index in [2.05, 4.69) is 18.7 Å². The number of nitrogens with zero attached hydrogens (tertiary/aromatic N) is 1. The molecule has 1 saturated heterocycles. The van der Waals surface area contributed by atoms with Gasteiger partial charge in [0.25, 0.3) is 0 Å². The van der Waals surface area contributed by atoms with E-state index in [4.69, 9.17) is 11.5 Å². The molecule has 4 heteroatoms. The molecule has 0 radical (unpaired) electrons. The molecule has 1 heterocycles. The van der Waals surface area contributed by atoms with Crippen LogP contribution in [0.3, 0.4) is 0 Å². The second-order valence-electron chi connectivity index (χ2n) is 6.89. The van der Waals surface area contributed by atoms with Crippen molar-refractivity contribution in [3.8, 4) is 0 Å². The Balaban J connectivity index is 1.93. The summed E-state index contributed by atoms with van der Waals surface area (Å²) in [6.07, 6.45) is 5.84. The average molecular weight is 267 g/mol. The van der Waals surface area contributed by atoms with Crippen LogP contribution in [0.1, 0.15) is 46.0 Å². The Morgan fingerprint density at radius 1 is 1.26 bits per heavy atom. The highest BCUT2D eigenvalue weighted by atomic mass is 16.1. The summed E-state index contributed by atoms with van der Waals surface area (Å²) in [5.74, 6) is 1.56. The summed E-state index contributed by atoms with van der Waals surface area (Å²) >= 11 is 0. The minimum absolute atomic E-state index is 0.314. The fourth-order valence-electron chi connectivity index (χ4n) is 3.38. The van der Waals surface area contributed by atoms with Crippen LogP contribution in [0.15, 0.2) is 0 Å². The average Bonchev–Trinajstić information content (AvgIpc) is 3.15. The topological polar surface area (TPSA) is 72.3 Å². The zero-order chi connectivity index (χ0) is 14.0. The number of likely N-dealkylation sites (tertiary alicyclic amines) is 1. The van der Waals surface area contributed by atoms with Gasteiger partial charge >= 0.3 is 0 Å². The highest BCUT2D eigenvalue weighted by Gasteiger charge is 2.47. The van der Waals surface area contributed by atoms with Crippen molar-refractivity contribution in [2.24, 2.45) is 29.2 Å². The van der Waals surface area contributed by atoms with Crippen molar-refractivity contribution >= 4 is 5.91 Å². The zero-order valence-corrected chi connectivity index (χ0v) is 12.4. The highest BCUT2D eigenvalue weighted by molar-refractivity contribution is 5.85. The van der Waals surface area contributed by atoms with Gasteiger partial charge in [0.15, 0.2) is 0 Å². The van der Waals surface area contributed by atoms with Gasteiger partial charge in [-0.2, -0.15) is 0 Å². The Bertz CT molecular complexity index is 327. The lowest BCUT2D eigenvalue weighted by Crippen LogP contribution is -2.60. The second kappa shape index (κ2) is 5.80. The summed E-state index contributed by atoms with van der Waals surface area (Å²) in [6, 6.07) is 0. The van der Waals surface area contributed by atoms with E-state index in [1.807, 2.05) is 0 Å². The molecule has 4 nitrogen and oxygen atoms in total. The molecule has 0 spiro atoms. The molecule has 1 aliphatic heterocycles. The van der Waals surface area contributed by atoms with E-state index in [1.54, 1.807) is 0 Å². The number of primary amides is 1. The zero-order valence-electron chi connectivity index (χ0n) is 12.4. The highest BCUT2D eigenvalue weighted by Crippen LogP contribution is 2.39. The first-order chi connectivity index (χ1) is 8.93. The molecular weight excluding hydrogens is 238 g/mol. The lowest BCUT2D eigenvalue weighted by Gasteiger charge is -2.32. The molecule has 1 saturated carbocycles. The fourth-order valence-corrected chi connectivity index (χ4v) is 3.38. The van der Waals surface area contributed by atoms with E-state index in [1.165, 1.54) is 19.3 Å². The second-order valence-corrected chi connectivity index (χ2v) is 6.89. The van der Waals surface area contributed by atoms with Crippen LogP contribution in [0.4, 0.5) is 0 Å². The number of hydrogen-bond donors (Lipinski definition) is 2. The summed E-state index contributed by atoms with van der Waals surface area (Å²) in [6.45, 7) is 7.38. The van der Waals surface area contributed by atoms with Crippen LogP contribution in [-0.2, 0) is 4.79 Å². The Labute approximate surface area is 116 Å². The molecule has 0 aromatic heterocycles. The molecule has 19 heavy (non-hydrogen) atoms. The first-order valence-corrected chi connectivity index (χ1v) is 7.74. The van der Waals surface area contributed by atoms with Crippen LogP contribution in [-0.4, -0.2) is 36.0 Å². The molecule has 0 aromatic carbocycles. The molecule has 0 bridgehead atoms. The number of nitrogens with two attached hydrogens (primary N) is 2. The van der Waals surface area contributed by atoms with E-state index >= 15 is 0 Å². The summed E-state index contributed by atoms with van der Waals surface area (Å²) in [5.41, 5.74) is 11.1. The standard InChI is InChI=1S/C15H29N3O/c1-11(2)12-4-3-8-18(9-7-12)10-15(17,14(16)19)13-5-6-13/h11-13H,3-10,17H2,1-2H3,(H2,16,19). The van der Waals surface area contributed by atoms with Crippen molar-refractivity contribution in [2.75, 3.05) is 19.6 Å². The Hall–Kier alpha value is -0.610. The van der Waals surface area contributed by atoms with Crippen molar-refractivity contribution < 1.29 is 4.79 Å². The number of rotatable bonds is 5. The maximum Gasteiger partial charge on any atom is 0.239 e. The van der Waals surface area contributed by atoms with Crippen molar-refractivity contribution in [1.29, 1.82) is 0 Å². The number of hydrogen-bond acceptors (Lipinski definition) is 3. The number of carbonyl (C=O) groups is 1. The Morgan fingerprint density at radius 3 is 2.47 bits per heavy atom. The van der Waals surface area contributed by atoms with Crippen LogP contribution in [0.5, 0.6) is 0 Å². The molecule has 2 unspecified atom stereocenters. The van der Waals surface area contributed by atoms with Crippen LogP contribution in [0.2, 0.25) is 0 Å². The van der Waals surface area contributed by atoms with Gasteiger partial charge in [-0.05, 0) is 62.9 Å². The Kier molecular flexibility index (Phi) is 4.51. The van der Waals surface area contributed by atoms with Crippen LogP contribution >= 0.6 is 0 Å². The molecule has 2 fully saturated rings. The lowest BCUT2D eigenvalue weighted by atomic mass is 9.89. The smallest absolute Gasteiger partial charge is 0.239 e. The molecule has 1 amide bonds. The summed E-state index contributed by atoms with van der Waals surface area (Å²) < 4.78 is 0. The third-order valence-corrected chi connectivity index (χ3v) is 5.06. The van der Waals surface area contributed by atoms with Gasteiger partial charge in [0.05, 0.1) is 0 Å². The lowest BCUT2D eigenvalue weighted by molar-refractivity contribution is -0.124. The van der Waals surface area contributed by atoms with Crippen LogP contribution in [0, 0.1) is 17.8 Å². The molecular formula is C15H29N3O.